The topological polar surface area (TPSA) is 154 Å². The van der Waals surface area contributed by atoms with Crippen molar-refractivity contribution in [2.24, 2.45) is 0 Å². The van der Waals surface area contributed by atoms with Gasteiger partial charge in [-0.3, -0.25) is 9.59 Å². The standard InChI is InChI=1S/C23H32N6O5S/c1-2-3-14-35(33,34)28-20(22(31)32)15-26-21(30)17-7-9-19(10-8-17)29-13-4-6-18(16-29)27-23-24-11-5-12-25-23/h5,7-12,18,20,28H,2-4,6,13-16H2,1H3,(H,26,30)(H,31,32)(H,24,25,27)/t18-,20-/m0/s1. The average Bonchev–Trinajstić information content (AvgIpc) is 2.86. The lowest BCUT2D eigenvalue weighted by Gasteiger charge is -2.34. The molecule has 1 aromatic heterocycles. The molecule has 1 fully saturated rings. The molecule has 0 spiro atoms. The number of benzene rings is 1. The Balaban J connectivity index is 1.54. The second kappa shape index (κ2) is 12.5. The van der Waals surface area contributed by atoms with Crippen LogP contribution in [0.4, 0.5) is 11.6 Å². The Morgan fingerprint density at radius 1 is 1.20 bits per heavy atom. The highest BCUT2D eigenvalue weighted by Crippen LogP contribution is 2.22. The predicted octanol–water partition coefficient (Wildman–Crippen LogP) is 1.46. The summed E-state index contributed by atoms with van der Waals surface area (Å²) in [7, 11) is -3.74. The normalized spacial score (nSPS) is 16.9. The van der Waals surface area contributed by atoms with Gasteiger partial charge in [-0.15, -0.1) is 0 Å². The first-order valence-electron chi connectivity index (χ1n) is 11.7. The van der Waals surface area contributed by atoms with Gasteiger partial charge < -0.3 is 20.6 Å². The average molecular weight is 505 g/mol. The number of carboxylic acid groups (broad SMARTS) is 1. The summed E-state index contributed by atoms with van der Waals surface area (Å²) >= 11 is 0. The Labute approximate surface area is 205 Å². The number of hydrogen-bond acceptors (Lipinski definition) is 8. The van der Waals surface area contributed by atoms with Crippen LogP contribution in [0.2, 0.25) is 0 Å². The van der Waals surface area contributed by atoms with E-state index in [1.807, 2.05) is 19.1 Å². The first-order chi connectivity index (χ1) is 16.8. The van der Waals surface area contributed by atoms with Crippen molar-refractivity contribution in [1.29, 1.82) is 0 Å². The number of nitrogens with zero attached hydrogens (tertiary/aromatic N) is 3. The van der Waals surface area contributed by atoms with Crippen molar-refractivity contribution >= 4 is 33.5 Å². The number of carbonyl (C=O) groups is 2. The molecule has 4 N–H and O–H groups in total. The van der Waals surface area contributed by atoms with Crippen molar-refractivity contribution in [1.82, 2.24) is 20.0 Å². The van der Waals surface area contributed by atoms with Crippen molar-refractivity contribution in [3.8, 4) is 0 Å². The number of hydrogen-bond donors (Lipinski definition) is 4. The van der Waals surface area contributed by atoms with Crippen LogP contribution in [0, 0.1) is 0 Å². The summed E-state index contributed by atoms with van der Waals surface area (Å²) in [5.41, 5.74) is 1.32. The van der Waals surface area contributed by atoms with Gasteiger partial charge in [-0.2, -0.15) is 4.72 Å². The van der Waals surface area contributed by atoms with E-state index in [9.17, 15) is 23.1 Å². The van der Waals surface area contributed by atoms with Gasteiger partial charge >= 0.3 is 5.97 Å². The van der Waals surface area contributed by atoms with Gasteiger partial charge in [0.05, 0.1) is 5.75 Å². The number of amides is 1. The molecule has 11 nitrogen and oxygen atoms in total. The lowest BCUT2D eigenvalue weighted by Crippen LogP contribution is -2.48. The smallest absolute Gasteiger partial charge is 0.323 e. The molecule has 0 saturated carbocycles. The van der Waals surface area contributed by atoms with E-state index in [-0.39, 0.29) is 18.3 Å². The van der Waals surface area contributed by atoms with Crippen molar-refractivity contribution in [2.75, 3.05) is 35.6 Å². The largest absolute Gasteiger partial charge is 0.480 e. The fourth-order valence-electron chi connectivity index (χ4n) is 3.80. The summed E-state index contributed by atoms with van der Waals surface area (Å²) in [4.78, 5) is 34.6. The molecule has 1 saturated heterocycles. The third kappa shape index (κ3) is 8.18. The summed E-state index contributed by atoms with van der Waals surface area (Å²) in [6.07, 6.45) is 6.48. The van der Waals surface area contributed by atoms with E-state index in [1.54, 1.807) is 30.6 Å². The summed E-state index contributed by atoms with van der Waals surface area (Å²) in [5.74, 6) is -1.39. The van der Waals surface area contributed by atoms with Crippen LogP contribution in [0.25, 0.3) is 0 Å². The number of carbonyl (C=O) groups excluding carboxylic acids is 1. The molecule has 2 aromatic rings. The zero-order valence-electron chi connectivity index (χ0n) is 19.7. The first kappa shape index (κ1) is 26.4. The molecule has 3 rings (SSSR count). The van der Waals surface area contributed by atoms with E-state index in [4.69, 9.17) is 0 Å². The van der Waals surface area contributed by atoms with Gasteiger partial charge in [-0.1, -0.05) is 13.3 Å². The van der Waals surface area contributed by atoms with Gasteiger partial charge in [-0.05, 0) is 49.6 Å². The van der Waals surface area contributed by atoms with Crippen LogP contribution < -0.4 is 20.3 Å². The van der Waals surface area contributed by atoms with Gasteiger partial charge in [0, 0.05) is 49.3 Å². The van der Waals surface area contributed by atoms with Gasteiger partial charge in [0.2, 0.25) is 16.0 Å². The Kier molecular flexibility index (Phi) is 9.38. The lowest BCUT2D eigenvalue weighted by atomic mass is 10.0. The van der Waals surface area contributed by atoms with Crippen molar-refractivity contribution in [2.45, 2.75) is 44.7 Å². The number of sulfonamides is 1. The molecule has 1 aliphatic rings. The lowest BCUT2D eigenvalue weighted by molar-refractivity contribution is -0.138. The molecular weight excluding hydrogens is 472 g/mol. The van der Waals surface area contributed by atoms with E-state index in [0.717, 1.165) is 31.6 Å². The highest BCUT2D eigenvalue weighted by molar-refractivity contribution is 7.89. The number of nitrogens with one attached hydrogen (secondary N) is 3. The monoisotopic (exact) mass is 504 g/mol. The van der Waals surface area contributed by atoms with Crippen LogP contribution in [0.1, 0.15) is 43.0 Å². The molecule has 0 aliphatic carbocycles. The minimum atomic E-state index is -3.74. The molecule has 2 heterocycles. The van der Waals surface area contributed by atoms with Gasteiger partial charge in [0.1, 0.15) is 6.04 Å². The van der Waals surface area contributed by atoms with E-state index in [1.165, 1.54) is 0 Å². The summed E-state index contributed by atoms with van der Waals surface area (Å²) < 4.78 is 26.2. The Morgan fingerprint density at radius 3 is 2.57 bits per heavy atom. The molecule has 2 atom stereocenters. The highest BCUT2D eigenvalue weighted by Gasteiger charge is 2.25. The van der Waals surface area contributed by atoms with Crippen molar-refractivity contribution in [3.63, 3.8) is 0 Å². The SMILES string of the molecule is CCCCS(=O)(=O)N[C@@H](CNC(=O)c1ccc(N2CCC[C@H](Nc3ncccn3)C2)cc1)C(=O)O. The van der Waals surface area contributed by atoms with Crippen LogP contribution in [0.5, 0.6) is 0 Å². The maximum atomic E-state index is 12.5. The van der Waals surface area contributed by atoms with E-state index in [0.29, 0.717) is 24.4 Å². The number of aliphatic carboxylic acids is 1. The maximum absolute atomic E-state index is 12.5. The summed E-state index contributed by atoms with van der Waals surface area (Å²) in [5, 5.41) is 15.2. The number of anilines is 2. The third-order valence-electron chi connectivity index (χ3n) is 5.67. The minimum Gasteiger partial charge on any atom is -0.480 e. The fraction of sp³-hybridized carbons (Fsp3) is 0.478. The second-order valence-corrected chi connectivity index (χ2v) is 10.3. The van der Waals surface area contributed by atoms with Gasteiger partial charge in [0.15, 0.2) is 0 Å². The van der Waals surface area contributed by atoms with Crippen LogP contribution in [-0.4, -0.2) is 72.8 Å². The number of carboxylic acids is 1. The Hall–Kier alpha value is -3.25. The molecule has 1 amide bonds. The van der Waals surface area contributed by atoms with Crippen LogP contribution in [0.15, 0.2) is 42.7 Å². The molecule has 1 aliphatic heterocycles. The fourth-order valence-corrected chi connectivity index (χ4v) is 5.20. The molecule has 35 heavy (non-hydrogen) atoms. The zero-order chi connectivity index (χ0) is 25.3. The number of piperidine rings is 1. The van der Waals surface area contributed by atoms with Crippen LogP contribution in [-0.2, 0) is 14.8 Å². The zero-order valence-corrected chi connectivity index (χ0v) is 20.5. The molecule has 12 heteroatoms. The summed E-state index contributed by atoms with van der Waals surface area (Å²) in [6, 6.07) is 7.56. The van der Waals surface area contributed by atoms with Crippen molar-refractivity contribution < 1.29 is 23.1 Å². The molecular formula is C23H32N6O5S. The Bertz CT molecular complexity index is 1080. The number of rotatable bonds is 12. The van der Waals surface area contributed by atoms with Crippen molar-refractivity contribution in [3.05, 3.63) is 48.3 Å². The number of aromatic nitrogens is 2. The molecule has 0 bridgehead atoms. The van der Waals surface area contributed by atoms with E-state index < -0.39 is 27.9 Å². The quantitative estimate of drug-likeness (QED) is 0.336. The maximum Gasteiger partial charge on any atom is 0.323 e. The van der Waals surface area contributed by atoms with E-state index in [2.05, 4.69) is 30.2 Å². The van der Waals surface area contributed by atoms with Crippen LogP contribution in [0.3, 0.4) is 0 Å². The van der Waals surface area contributed by atoms with Crippen LogP contribution >= 0.6 is 0 Å². The summed E-state index contributed by atoms with van der Waals surface area (Å²) in [6.45, 7) is 3.14. The Morgan fingerprint density at radius 2 is 1.91 bits per heavy atom. The second-order valence-electron chi connectivity index (χ2n) is 8.44. The molecule has 190 valence electrons. The number of unbranched alkanes of at least 4 members (excludes halogenated alkanes) is 1. The van der Waals surface area contributed by atoms with E-state index >= 15 is 0 Å². The third-order valence-corrected chi connectivity index (χ3v) is 7.14. The molecule has 0 radical (unpaired) electrons. The van der Waals surface area contributed by atoms with Gasteiger partial charge in [-0.25, -0.2) is 18.4 Å². The minimum absolute atomic E-state index is 0.159. The highest BCUT2D eigenvalue weighted by atomic mass is 32.2. The molecule has 1 aromatic carbocycles. The first-order valence-corrected chi connectivity index (χ1v) is 13.3. The van der Waals surface area contributed by atoms with Gasteiger partial charge in [0.25, 0.3) is 5.91 Å². The predicted molar refractivity (Wildman–Crippen MR) is 133 cm³/mol. The molecule has 0 unspecified atom stereocenters.